The van der Waals surface area contributed by atoms with E-state index in [4.69, 9.17) is 0 Å². The summed E-state index contributed by atoms with van der Waals surface area (Å²) in [7, 11) is 0. The lowest BCUT2D eigenvalue weighted by Crippen LogP contribution is -2.29. The lowest BCUT2D eigenvalue weighted by Gasteiger charge is -2.08. The standard InChI is InChI=1S/C11H13IN2O4/c1-3-18-10(16)4-8(15)6-14-7(2)13-5-9(12)11(14)17/h5H,3-4,6H2,1-2H3. The molecule has 1 rings (SSSR count). The number of hydrogen-bond acceptors (Lipinski definition) is 5. The molecule has 0 bridgehead atoms. The molecule has 0 unspecified atom stereocenters. The third-order valence-electron chi connectivity index (χ3n) is 2.19. The van der Waals surface area contributed by atoms with Gasteiger partial charge in [0.05, 0.1) is 16.7 Å². The van der Waals surface area contributed by atoms with Gasteiger partial charge in [0.2, 0.25) is 0 Å². The number of nitrogens with zero attached hydrogens (tertiary/aromatic N) is 2. The number of Topliss-reactive ketones (excluding diaryl/α,β-unsaturated/α-hetero) is 1. The van der Waals surface area contributed by atoms with Crippen LogP contribution in [0, 0.1) is 10.5 Å². The van der Waals surface area contributed by atoms with Crippen molar-refractivity contribution in [2.24, 2.45) is 0 Å². The minimum atomic E-state index is -0.577. The van der Waals surface area contributed by atoms with E-state index in [0.717, 1.165) is 0 Å². The number of carbonyl (C=O) groups excluding carboxylic acids is 2. The van der Waals surface area contributed by atoms with Gasteiger partial charge in [-0.25, -0.2) is 4.98 Å². The highest BCUT2D eigenvalue weighted by Gasteiger charge is 2.14. The van der Waals surface area contributed by atoms with Gasteiger partial charge >= 0.3 is 5.97 Å². The SMILES string of the molecule is CCOC(=O)CC(=O)Cn1c(C)ncc(I)c1=O. The second kappa shape index (κ2) is 6.62. The molecule has 0 saturated carbocycles. The third kappa shape index (κ3) is 3.90. The van der Waals surface area contributed by atoms with E-state index >= 15 is 0 Å². The van der Waals surface area contributed by atoms with Crippen LogP contribution in [0.25, 0.3) is 0 Å². The van der Waals surface area contributed by atoms with Crippen LogP contribution in [-0.4, -0.2) is 27.9 Å². The summed E-state index contributed by atoms with van der Waals surface area (Å²) in [4.78, 5) is 38.5. The quantitative estimate of drug-likeness (QED) is 0.436. The number of halogens is 1. The van der Waals surface area contributed by atoms with Crippen LogP contribution < -0.4 is 5.56 Å². The van der Waals surface area contributed by atoms with Gasteiger partial charge in [-0.05, 0) is 36.4 Å². The zero-order chi connectivity index (χ0) is 13.7. The van der Waals surface area contributed by atoms with E-state index in [-0.39, 0.29) is 30.9 Å². The van der Waals surface area contributed by atoms with Crippen molar-refractivity contribution in [1.29, 1.82) is 0 Å². The molecule has 1 heterocycles. The molecule has 0 aliphatic rings. The van der Waals surface area contributed by atoms with Crippen LogP contribution in [0.3, 0.4) is 0 Å². The summed E-state index contributed by atoms with van der Waals surface area (Å²) in [6.07, 6.45) is 1.12. The van der Waals surface area contributed by atoms with Gasteiger partial charge in [-0.1, -0.05) is 0 Å². The number of aryl methyl sites for hydroxylation is 1. The summed E-state index contributed by atoms with van der Waals surface area (Å²) in [5.41, 5.74) is -0.277. The maximum atomic E-state index is 11.8. The van der Waals surface area contributed by atoms with Crippen molar-refractivity contribution in [3.63, 3.8) is 0 Å². The van der Waals surface area contributed by atoms with Crippen LogP contribution in [-0.2, 0) is 20.9 Å². The first-order valence-electron chi connectivity index (χ1n) is 5.35. The number of esters is 1. The average Bonchev–Trinajstić information content (AvgIpc) is 2.30. The topological polar surface area (TPSA) is 78.3 Å². The molecule has 0 aliphatic carbocycles. The molecule has 0 aliphatic heterocycles. The van der Waals surface area contributed by atoms with E-state index in [2.05, 4.69) is 9.72 Å². The molecule has 0 amide bonds. The summed E-state index contributed by atoms with van der Waals surface area (Å²) in [6, 6.07) is 0. The molecule has 6 nitrogen and oxygen atoms in total. The largest absolute Gasteiger partial charge is 0.466 e. The highest BCUT2D eigenvalue weighted by Crippen LogP contribution is 1.99. The fourth-order valence-electron chi connectivity index (χ4n) is 1.34. The minimum Gasteiger partial charge on any atom is -0.466 e. The molecule has 0 N–H and O–H groups in total. The Kier molecular flexibility index (Phi) is 5.45. The average molecular weight is 364 g/mol. The van der Waals surface area contributed by atoms with Crippen molar-refractivity contribution in [1.82, 2.24) is 9.55 Å². The molecule has 0 atom stereocenters. The van der Waals surface area contributed by atoms with E-state index in [0.29, 0.717) is 9.39 Å². The van der Waals surface area contributed by atoms with Crippen LogP contribution in [0.4, 0.5) is 0 Å². The highest BCUT2D eigenvalue weighted by molar-refractivity contribution is 14.1. The number of ether oxygens (including phenoxy) is 1. The number of ketones is 1. The van der Waals surface area contributed by atoms with Crippen LogP contribution in [0.2, 0.25) is 0 Å². The lowest BCUT2D eigenvalue weighted by atomic mass is 10.3. The predicted octanol–water partition coefficient (Wildman–Crippen LogP) is 0.679. The number of aromatic nitrogens is 2. The maximum absolute atomic E-state index is 11.8. The summed E-state index contributed by atoms with van der Waals surface area (Å²) >= 11 is 1.85. The molecule has 1 aromatic rings. The Morgan fingerprint density at radius 1 is 1.50 bits per heavy atom. The van der Waals surface area contributed by atoms with Gasteiger partial charge in [0.1, 0.15) is 12.2 Å². The number of hydrogen-bond donors (Lipinski definition) is 0. The van der Waals surface area contributed by atoms with Crippen molar-refractivity contribution in [2.45, 2.75) is 26.8 Å². The van der Waals surface area contributed by atoms with Crippen LogP contribution in [0.5, 0.6) is 0 Å². The van der Waals surface area contributed by atoms with Crippen LogP contribution >= 0.6 is 22.6 Å². The zero-order valence-corrected chi connectivity index (χ0v) is 12.3. The molecule has 98 valence electrons. The fourth-order valence-corrected chi connectivity index (χ4v) is 1.77. The van der Waals surface area contributed by atoms with Gasteiger partial charge in [0, 0.05) is 6.20 Å². The normalized spacial score (nSPS) is 10.2. The van der Waals surface area contributed by atoms with Gasteiger partial charge in [-0.3, -0.25) is 19.0 Å². The zero-order valence-electron chi connectivity index (χ0n) is 10.1. The Morgan fingerprint density at radius 2 is 2.17 bits per heavy atom. The highest BCUT2D eigenvalue weighted by atomic mass is 127. The van der Waals surface area contributed by atoms with E-state index in [1.165, 1.54) is 10.8 Å². The summed E-state index contributed by atoms with van der Waals surface area (Å²) < 4.78 is 6.36. The Labute approximate surface area is 117 Å². The molecule has 0 spiro atoms. The van der Waals surface area contributed by atoms with Crippen molar-refractivity contribution in [3.8, 4) is 0 Å². The predicted molar refractivity (Wildman–Crippen MR) is 72.2 cm³/mol. The Hall–Kier alpha value is -1.25. The van der Waals surface area contributed by atoms with E-state index in [9.17, 15) is 14.4 Å². The Balaban J connectivity index is 2.80. The summed E-state index contributed by atoms with van der Waals surface area (Å²) in [5, 5.41) is 0. The molecule has 7 heteroatoms. The van der Waals surface area contributed by atoms with Crippen molar-refractivity contribution >= 4 is 34.3 Å². The minimum absolute atomic E-state index is 0.159. The molecule has 0 aromatic carbocycles. The molecule has 0 saturated heterocycles. The first kappa shape index (κ1) is 14.8. The van der Waals surface area contributed by atoms with Crippen LogP contribution in [0.15, 0.2) is 11.0 Å². The Bertz CT molecular complexity index is 524. The summed E-state index contributed by atoms with van der Waals surface area (Å²) in [5.74, 6) is -0.508. The van der Waals surface area contributed by atoms with Crippen molar-refractivity contribution in [2.75, 3.05) is 6.61 Å². The molecular weight excluding hydrogens is 351 g/mol. The third-order valence-corrected chi connectivity index (χ3v) is 2.93. The number of carbonyl (C=O) groups is 2. The molecule has 0 fully saturated rings. The molecular formula is C11H13IN2O4. The van der Waals surface area contributed by atoms with Gasteiger partial charge in [-0.2, -0.15) is 0 Å². The van der Waals surface area contributed by atoms with Gasteiger partial charge < -0.3 is 4.74 Å². The van der Waals surface area contributed by atoms with Crippen molar-refractivity contribution in [3.05, 3.63) is 25.9 Å². The monoisotopic (exact) mass is 364 g/mol. The second-order valence-corrected chi connectivity index (χ2v) is 4.73. The first-order valence-corrected chi connectivity index (χ1v) is 6.42. The Morgan fingerprint density at radius 3 is 2.78 bits per heavy atom. The molecule has 0 radical (unpaired) electrons. The maximum Gasteiger partial charge on any atom is 0.313 e. The van der Waals surface area contributed by atoms with Gasteiger partial charge in [0.15, 0.2) is 5.78 Å². The molecule has 18 heavy (non-hydrogen) atoms. The smallest absolute Gasteiger partial charge is 0.313 e. The second-order valence-electron chi connectivity index (χ2n) is 3.57. The van der Waals surface area contributed by atoms with E-state index in [1.807, 2.05) is 22.6 Å². The first-order chi connectivity index (χ1) is 8.45. The molecule has 1 aromatic heterocycles. The number of rotatable bonds is 5. The van der Waals surface area contributed by atoms with E-state index < -0.39 is 5.97 Å². The van der Waals surface area contributed by atoms with Gasteiger partial charge in [-0.15, -0.1) is 0 Å². The van der Waals surface area contributed by atoms with Crippen LogP contribution in [0.1, 0.15) is 19.2 Å². The van der Waals surface area contributed by atoms with E-state index in [1.54, 1.807) is 13.8 Å². The lowest BCUT2D eigenvalue weighted by molar-refractivity contribution is -0.145. The fraction of sp³-hybridized carbons (Fsp3) is 0.455. The summed E-state index contributed by atoms with van der Waals surface area (Å²) in [6.45, 7) is 3.37. The van der Waals surface area contributed by atoms with Crippen molar-refractivity contribution < 1.29 is 14.3 Å². The van der Waals surface area contributed by atoms with Gasteiger partial charge in [0.25, 0.3) is 5.56 Å².